The quantitative estimate of drug-likeness (QED) is 0.849. The zero-order valence-electron chi connectivity index (χ0n) is 12.9. The van der Waals surface area contributed by atoms with E-state index in [0.717, 1.165) is 31.0 Å². The van der Waals surface area contributed by atoms with Gasteiger partial charge in [-0.25, -0.2) is 13.1 Å². The van der Waals surface area contributed by atoms with Crippen molar-refractivity contribution in [1.82, 2.24) is 14.9 Å². The summed E-state index contributed by atoms with van der Waals surface area (Å²) in [7, 11) is -3.17. The lowest BCUT2D eigenvalue weighted by Crippen LogP contribution is -2.44. The highest BCUT2D eigenvalue weighted by Crippen LogP contribution is 2.35. The lowest BCUT2D eigenvalue weighted by atomic mass is 9.84. The SMILES string of the molecule is Cc1ccc(N2CC[C@@H]3[C@@H](CO[C@H]3CNS(C)(=O)=O)C2)nn1. The molecular formula is C14H22N4O3S. The first kappa shape index (κ1) is 15.6. The Morgan fingerprint density at radius 1 is 1.41 bits per heavy atom. The summed E-state index contributed by atoms with van der Waals surface area (Å²) in [6.45, 7) is 4.75. The van der Waals surface area contributed by atoms with Gasteiger partial charge >= 0.3 is 0 Å². The second-order valence-electron chi connectivity index (χ2n) is 6.18. The number of nitrogens with zero attached hydrogens (tertiary/aromatic N) is 3. The molecule has 2 aliphatic rings. The van der Waals surface area contributed by atoms with E-state index in [1.807, 2.05) is 19.1 Å². The lowest BCUT2D eigenvalue weighted by molar-refractivity contribution is 0.0930. The van der Waals surface area contributed by atoms with Gasteiger partial charge in [0, 0.05) is 25.6 Å². The number of aromatic nitrogens is 2. The second-order valence-corrected chi connectivity index (χ2v) is 8.02. The summed E-state index contributed by atoms with van der Waals surface area (Å²) in [4.78, 5) is 2.24. The van der Waals surface area contributed by atoms with Crippen LogP contribution >= 0.6 is 0 Å². The summed E-state index contributed by atoms with van der Waals surface area (Å²) in [5, 5.41) is 8.36. The molecule has 1 aromatic heterocycles. The predicted octanol–water partition coefficient (Wildman–Crippen LogP) is 0.176. The fourth-order valence-corrected chi connectivity index (χ4v) is 3.77. The number of ether oxygens (including phenoxy) is 1. The average molecular weight is 326 g/mol. The number of hydrogen-bond donors (Lipinski definition) is 1. The molecule has 0 aliphatic carbocycles. The largest absolute Gasteiger partial charge is 0.376 e. The van der Waals surface area contributed by atoms with Gasteiger partial charge in [0.05, 0.1) is 24.7 Å². The molecule has 1 aromatic rings. The standard InChI is InChI=1S/C14H22N4O3S/c1-10-3-4-14(17-16-10)18-6-5-12-11(8-18)9-21-13(12)7-15-22(2,19)20/h3-4,11-13,15H,5-9H2,1-2H3/t11-,12-,13+/m1/s1. The predicted molar refractivity (Wildman–Crippen MR) is 83.2 cm³/mol. The van der Waals surface area contributed by atoms with E-state index in [9.17, 15) is 8.42 Å². The molecule has 3 atom stereocenters. The Morgan fingerprint density at radius 3 is 2.91 bits per heavy atom. The molecule has 22 heavy (non-hydrogen) atoms. The molecule has 0 radical (unpaired) electrons. The van der Waals surface area contributed by atoms with Crippen LogP contribution in [0.1, 0.15) is 12.1 Å². The molecule has 3 heterocycles. The maximum absolute atomic E-state index is 11.2. The van der Waals surface area contributed by atoms with Gasteiger partial charge in [0.15, 0.2) is 5.82 Å². The van der Waals surface area contributed by atoms with Crippen molar-refractivity contribution in [2.24, 2.45) is 11.8 Å². The third-order valence-corrected chi connectivity index (χ3v) is 5.14. The summed E-state index contributed by atoms with van der Waals surface area (Å²) in [5.41, 5.74) is 0.912. The first-order chi connectivity index (χ1) is 10.4. The number of sulfonamides is 1. The fourth-order valence-electron chi connectivity index (χ4n) is 3.30. The van der Waals surface area contributed by atoms with Crippen LogP contribution in [0.2, 0.25) is 0 Å². The van der Waals surface area contributed by atoms with Crippen LogP contribution in [0.5, 0.6) is 0 Å². The van der Waals surface area contributed by atoms with Crippen LogP contribution in [0.15, 0.2) is 12.1 Å². The molecule has 3 rings (SSSR count). The molecule has 0 amide bonds. The van der Waals surface area contributed by atoms with Crippen LogP contribution < -0.4 is 9.62 Å². The van der Waals surface area contributed by atoms with Crippen molar-refractivity contribution in [3.63, 3.8) is 0 Å². The van der Waals surface area contributed by atoms with Gasteiger partial charge in [0.1, 0.15) is 0 Å². The van der Waals surface area contributed by atoms with Crippen LogP contribution in [0.25, 0.3) is 0 Å². The molecule has 2 aliphatic heterocycles. The van der Waals surface area contributed by atoms with E-state index < -0.39 is 10.0 Å². The Labute approximate surface area is 131 Å². The molecule has 2 fully saturated rings. The minimum atomic E-state index is -3.17. The molecular weight excluding hydrogens is 304 g/mol. The number of piperidine rings is 1. The van der Waals surface area contributed by atoms with Gasteiger partial charge in [-0.05, 0) is 31.4 Å². The minimum Gasteiger partial charge on any atom is -0.376 e. The van der Waals surface area contributed by atoms with Crippen molar-refractivity contribution in [3.05, 3.63) is 17.8 Å². The van der Waals surface area contributed by atoms with Gasteiger partial charge < -0.3 is 9.64 Å². The summed E-state index contributed by atoms with van der Waals surface area (Å²) in [5.74, 6) is 1.73. The lowest BCUT2D eigenvalue weighted by Gasteiger charge is -2.36. The van der Waals surface area contributed by atoms with Crippen molar-refractivity contribution in [2.75, 3.05) is 37.4 Å². The van der Waals surface area contributed by atoms with Gasteiger partial charge in [-0.2, -0.15) is 5.10 Å². The highest BCUT2D eigenvalue weighted by molar-refractivity contribution is 7.88. The number of rotatable bonds is 4. The van der Waals surface area contributed by atoms with Crippen molar-refractivity contribution in [1.29, 1.82) is 0 Å². The van der Waals surface area contributed by atoms with E-state index in [0.29, 0.717) is 25.0 Å². The first-order valence-corrected chi connectivity index (χ1v) is 9.43. The Kier molecular flexibility index (Phi) is 4.33. The zero-order chi connectivity index (χ0) is 15.7. The normalized spacial score (nSPS) is 28.6. The first-order valence-electron chi connectivity index (χ1n) is 7.54. The van der Waals surface area contributed by atoms with Crippen LogP contribution in [-0.4, -0.2) is 57.2 Å². The Balaban J connectivity index is 1.60. The van der Waals surface area contributed by atoms with E-state index in [1.165, 1.54) is 6.26 Å². The number of nitrogens with one attached hydrogen (secondary N) is 1. The van der Waals surface area contributed by atoms with Crippen molar-refractivity contribution < 1.29 is 13.2 Å². The molecule has 0 bridgehead atoms. The second kappa shape index (κ2) is 6.10. The van der Waals surface area contributed by atoms with Gasteiger partial charge in [-0.3, -0.25) is 0 Å². The number of hydrogen-bond acceptors (Lipinski definition) is 6. The van der Waals surface area contributed by atoms with Crippen LogP contribution in [0, 0.1) is 18.8 Å². The van der Waals surface area contributed by atoms with Gasteiger partial charge in [-0.1, -0.05) is 0 Å². The average Bonchev–Trinajstić information content (AvgIpc) is 2.87. The molecule has 0 saturated carbocycles. The monoisotopic (exact) mass is 326 g/mol. The molecule has 2 saturated heterocycles. The maximum Gasteiger partial charge on any atom is 0.208 e. The van der Waals surface area contributed by atoms with E-state index in [1.54, 1.807) is 0 Å². The highest BCUT2D eigenvalue weighted by atomic mass is 32.2. The van der Waals surface area contributed by atoms with Crippen LogP contribution in [0.4, 0.5) is 5.82 Å². The summed E-state index contributed by atoms with van der Waals surface area (Å²) >= 11 is 0. The molecule has 0 aromatic carbocycles. The minimum absolute atomic E-state index is 0.0222. The molecule has 122 valence electrons. The molecule has 1 N–H and O–H groups in total. The summed E-state index contributed by atoms with van der Waals surface area (Å²) in [6.07, 6.45) is 2.14. The van der Waals surface area contributed by atoms with Gasteiger partial charge in [0.25, 0.3) is 0 Å². The summed E-state index contributed by atoms with van der Waals surface area (Å²) < 4.78 is 30.8. The third-order valence-electron chi connectivity index (χ3n) is 4.45. The van der Waals surface area contributed by atoms with E-state index in [2.05, 4.69) is 19.8 Å². The van der Waals surface area contributed by atoms with Crippen LogP contribution in [-0.2, 0) is 14.8 Å². The smallest absolute Gasteiger partial charge is 0.208 e. The van der Waals surface area contributed by atoms with E-state index in [-0.39, 0.29) is 6.10 Å². The Bertz CT molecular complexity index is 619. The number of fused-ring (bicyclic) bond motifs is 1. The maximum atomic E-state index is 11.2. The fraction of sp³-hybridized carbons (Fsp3) is 0.714. The van der Waals surface area contributed by atoms with E-state index >= 15 is 0 Å². The number of anilines is 1. The Morgan fingerprint density at radius 2 is 2.23 bits per heavy atom. The van der Waals surface area contributed by atoms with Crippen molar-refractivity contribution in [3.8, 4) is 0 Å². The van der Waals surface area contributed by atoms with Gasteiger partial charge in [0.2, 0.25) is 10.0 Å². The van der Waals surface area contributed by atoms with Crippen LogP contribution in [0.3, 0.4) is 0 Å². The molecule has 7 nitrogen and oxygen atoms in total. The molecule has 0 unspecified atom stereocenters. The van der Waals surface area contributed by atoms with Gasteiger partial charge in [-0.15, -0.1) is 5.10 Å². The zero-order valence-corrected chi connectivity index (χ0v) is 13.7. The van der Waals surface area contributed by atoms with Crippen molar-refractivity contribution >= 4 is 15.8 Å². The Hall–Kier alpha value is -1.25. The third kappa shape index (κ3) is 3.56. The van der Waals surface area contributed by atoms with E-state index in [4.69, 9.17) is 4.74 Å². The molecule has 0 spiro atoms. The topological polar surface area (TPSA) is 84.4 Å². The summed E-state index contributed by atoms with van der Waals surface area (Å²) in [6, 6.07) is 3.97. The van der Waals surface area contributed by atoms with Crippen molar-refractivity contribution in [2.45, 2.75) is 19.4 Å². The molecule has 8 heteroatoms. The number of aryl methyl sites for hydroxylation is 1. The highest BCUT2D eigenvalue weighted by Gasteiger charge is 2.41.